The minimum absolute atomic E-state index is 0.0639. The van der Waals surface area contributed by atoms with E-state index in [1.807, 2.05) is 16.7 Å². The molecular weight excluding hydrogens is 291 g/mol. The molecule has 1 nitrogen and oxygen atoms in total. The zero-order valence-corrected chi connectivity index (χ0v) is 11.0. The molecule has 1 saturated heterocycles. The van der Waals surface area contributed by atoms with Gasteiger partial charge in [0.2, 0.25) is 0 Å². The van der Waals surface area contributed by atoms with Crippen LogP contribution in [0.2, 0.25) is 0 Å². The summed E-state index contributed by atoms with van der Waals surface area (Å²) in [6.07, 6.45) is -4.14. The van der Waals surface area contributed by atoms with E-state index in [-0.39, 0.29) is 6.54 Å². The summed E-state index contributed by atoms with van der Waals surface area (Å²) in [7, 11) is 0. The molecule has 1 aliphatic rings. The van der Waals surface area contributed by atoms with Crippen molar-refractivity contribution in [2.75, 3.05) is 31.1 Å². The van der Waals surface area contributed by atoms with Crippen molar-refractivity contribution in [2.24, 2.45) is 5.92 Å². The van der Waals surface area contributed by atoms with Crippen molar-refractivity contribution >= 4 is 27.7 Å². The molecule has 15 heavy (non-hydrogen) atoms. The molecule has 1 aliphatic heterocycles. The first-order valence-corrected chi connectivity index (χ1v) is 6.97. The van der Waals surface area contributed by atoms with Crippen LogP contribution in [0.4, 0.5) is 13.2 Å². The van der Waals surface area contributed by atoms with Crippen molar-refractivity contribution in [2.45, 2.75) is 17.9 Å². The predicted octanol–water partition coefficient (Wildman–Crippen LogP) is 3.00. The molecule has 1 heterocycles. The molecule has 0 spiro atoms. The third-order valence-electron chi connectivity index (χ3n) is 2.30. The van der Waals surface area contributed by atoms with Crippen molar-refractivity contribution in [1.29, 1.82) is 0 Å². The lowest BCUT2D eigenvalue weighted by molar-refractivity contribution is -0.130. The highest BCUT2D eigenvalue weighted by Crippen LogP contribution is 2.28. The average molecular weight is 306 g/mol. The Morgan fingerprint density at radius 3 is 2.80 bits per heavy atom. The lowest BCUT2D eigenvalue weighted by Gasteiger charge is -2.25. The van der Waals surface area contributed by atoms with Crippen molar-refractivity contribution in [3.8, 4) is 0 Å². The fourth-order valence-corrected chi connectivity index (χ4v) is 3.03. The molecule has 90 valence electrons. The van der Waals surface area contributed by atoms with Crippen molar-refractivity contribution in [3.63, 3.8) is 0 Å². The smallest absolute Gasteiger partial charge is 0.301 e. The number of nitrogens with zero attached hydrogens (tertiary/aromatic N) is 1. The van der Waals surface area contributed by atoms with Gasteiger partial charge in [-0.25, -0.2) is 0 Å². The average Bonchev–Trinajstić information content (AvgIpc) is 2.28. The van der Waals surface area contributed by atoms with Gasteiger partial charge in [-0.15, -0.1) is 0 Å². The maximum absolute atomic E-state index is 12.3. The van der Waals surface area contributed by atoms with E-state index in [2.05, 4.69) is 22.9 Å². The second-order valence-electron chi connectivity index (χ2n) is 3.95. The molecule has 6 heteroatoms. The fourth-order valence-electron chi connectivity index (χ4n) is 1.56. The van der Waals surface area contributed by atoms with E-state index in [4.69, 9.17) is 0 Å². The van der Waals surface area contributed by atoms with Gasteiger partial charge in [0.05, 0.1) is 0 Å². The van der Waals surface area contributed by atoms with Gasteiger partial charge in [-0.1, -0.05) is 22.9 Å². The van der Waals surface area contributed by atoms with Crippen LogP contribution in [0.15, 0.2) is 0 Å². The molecular formula is C9H15BrF3NS. The van der Waals surface area contributed by atoms with Gasteiger partial charge in [0.25, 0.3) is 0 Å². The summed E-state index contributed by atoms with van der Waals surface area (Å²) in [5.41, 5.74) is 0. The van der Waals surface area contributed by atoms with Crippen LogP contribution in [-0.4, -0.2) is 47.0 Å². The molecule has 0 aromatic heterocycles. The van der Waals surface area contributed by atoms with E-state index >= 15 is 0 Å². The second-order valence-corrected chi connectivity index (χ2v) is 6.20. The highest BCUT2D eigenvalue weighted by molar-refractivity contribution is 9.09. The quantitative estimate of drug-likeness (QED) is 0.722. The van der Waals surface area contributed by atoms with E-state index in [0.29, 0.717) is 5.92 Å². The SMILES string of the molecule is CC1CSCCN(CC(Br)C(F)(F)F)C1. The first-order chi connectivity index (χ1) is 6.89. The molecule has 1 fully saturated rings. The van der Waals surface area contributed by atoms with E-state index in [1.54, 1.807) is 0 Å². The number of thioether (sulfide) groups is 1. The first kappa shape index (κ1) is 13.6. The van der Waals surface area contributed by atoms with Gasteiger partial charge in [0.15, 0.2) is 0 Å². The van der Waals surface area contributed by atoms with Gasteiger partial charge in [0.1, 0.15) is 4.83 Å². The Kier molecular flexibility index (Phi) is 5.25. The van der Waals surface area contributed by atoms with Crippen LogP contribution in [0.5, 0.6) is 0 Å². The highest BCUT2D eigenvalue weighted by atomic mass is 79.9. The van der Waals surface area contributed by atoms with Crippen molar-refractivity contribution in [3.05, 3.63) is 0 Å². The van der Waals surface area contributed by atoms with Crippen LogP contribution in [0.25, 0.3) is 0 Å². The Bertz CT molecular complexity index is 200. The monoisotopic (exact) mass is 305 g/mol. The molecule has 0 aromatic carbocycles. The first-order valence-electron chi connectivity index (χ1n) is 4.90. The molecule has 0 radical (unpaired) electrons. The Hall–Kier alpha value is 0.580. The number of hydrogen-bond acceptors (Lipinski definition) is 2. The van der Waals surface area contributed by atoms with Crippen LogP contribution < -0.4 is 0 Å². The number of hydrogen-bond donors (Lipinski definition) is 0. The number of alkyl halides is 4. The molecule has 0 aromatic rings. The summed E-state index contributed by atoms with van der Waals surface area (Å²) in [4.78, 5) is 0.498. The summed E-state index contributed by atoms with van der Waals surface area (Å²) in [5, 5.41) is 0. The minimum atomic E-state index is -4.14. The van der Waals surface area contributed by atoms with Crippen molar-refractivity contribution < 1.29 is 13.2 Å². The minimum Gasteiger partial charge on any atom is -0.301 e. The topological polar surface area (TPSA) is 3.24 Å². The molecule has 2 unspecified atom stereocenters. The van der Waals surface area contributed by atoms with Crippen LogP contribution in [-0.2, 0) is 0 Å². The molecule has 0 N–H and O–H groups in total. The Balaban J connectivity index is 2.42. The highest BCUT2D eigenvalue weighted by Gasteiger charge is 2.38. The van der Waals surface area contributed by atoms with E-state index in [0.717, 1.165) is 24.6 Å². The lowest BCUT2D eigenvalue weighted by atomic mass is 10.2. The molecule has 0 saturated carbocycles. The zero-order chi connectivity index (χ0) is 11.5. The van der Waals surface area contributed by atoms with Crippen LogP contribution >= 0.6 is 27.7 Å². The van der Waals surface area contributed by atoms with E-state index in [9.17, 15) is 13.2 Å². The summed E-state index contributed by atoms with van der Waals surface area (Å²) in [6.45, 7) is 3.68. The molecule has 2 atom stereocenters. The summed E-state index contributed by atoms with van der Waals surface area (Å²) < 4.78 is 37.0. The number of halogens is 4. The van der Waals surface area contributed by atoms with Crippen LogP contribution in [0.1, 0.15) is 6.92 Å². The summed E-state index contributed by atoms with van der Waals surface area (Å²) >= 11 is 4.53. The van der Waals surface area contributed by atoms with Gasteiger partial charge >= 0.3 is 6.18 Å². The van der Waals surface area contributed by atoms with Gasteiger partial charge in [-0.3, -0.25) is 0 Å². The third kappa shape index (κ3) is 4.95. The maximum Gasteiger partial charge on any atom is 0.402 e. The van der Waals surface area contributed by atoms with Crippen LogP contribution in [0.3, 0.4) is 0 Å². The van der Waals surface area contributed by atoms with Crippen molar-refractivity contribution in [1.82, 2.24) is 4.90 Å². The maximum atomic E-state index is 12.3. The van der Waals surface area contributed by atoms with E-state index < -0.39 is 11.0 Å². The second kappa shape index (κ2) is 5.77. The molecule has 0 aliphatic carbocycles. The fraction of sp³-hybridized carbons (Fsp3) is 1.00. The Labute approximate surface area is 101 Å². The van der Waals surface area contributed by atoms with Gasteiger partial charge < -0.3 is 4.90 Å². The molecule has 0 amide bonds. The Morgan fingerprint density at radius 1 is 1.53 bits per heavy atom. The van der Waals surface area contributed by atoms with E-state index in [1.165, 1.54) is 0 Å². The summed E-state index contributed by atoms with van der Waals surface area (Å²) in [5.74, 6) is 2.46. The zero-order valence-electron chi connectivity index (χ0n) is 8.56. The Morgan fingerprint density at radius 2 is 2.20 bits per heavy atom. The number of rotatable bonds is 2. The van der Waals surface area contributed by atoms with Crippen LogP contribution in [0, 0.1) is 5.92 Å². The normalized spacial score (nSPS) is 27.4. The standard InChI is InChI=1S/C9H15BrF3NS/c1-7-4-14(2-3-15-6-7)5-8(10)9(11,12)13/h7-8H,2-6H2,1H3. The largest absolute Gasteiger partial charge is 0.402 e. The predicted molar refractivity (Wildman–Crippen MR) is 61.7 cm³/mol. The molecule has 0 bridgehead atoms. The lowest BCUT2D eigenvalue weighted by Crippen LogP contribution is -2.39. The third-order valence-corrected chi connectivity index (χ3v) is 4.38. The van der Waals surface area contributed by atoms with Gasteiger partial charge in [-0.05, 0) is 11.7 Å². The van der Waals surface area contributed by atoms with Gasteiger partial charge in [0, 0.05) is 25.4 Å². The van der Waals surface area contributed by atoms with Gasteiger partial charge in [-0.2, -0.15) is 24.9 Å². The molecule has 1 rings (SSSR count). The summed E-state index contributed by atoms with van der Waals surface area (Å²) in [6, 6.07) is 0.